The number of hydrogen-bond acceptors (Lipinski definition) is 26. The predicted octanol–water partition coefficient (Wildman–Crippen LogP) is -11.9. The molecule has 4 aromatic heterocycles. The summed E-state index contributed by atoms with van der Waals surface area (Å²) in [6, 6.07) is 0. The van der Waals surface area contributed by atoms with Crippen LogP contribution in [0.25, 0.3) is 22.3 Å². The van der Waals surface area contributed by atoms with Crippen molar-refractivity contribution in [2.24, 2.45) is 0 Å². The Kier molecular flexibility index (Phi) is 23.8. The largest absolute Gasteiger partial charge is 1.00 e. The number of aliphatic hydroxyl groups excluding tert-OH is 4. The molecule has 0 amide bonds. The van der Waals surface area contributed by atoms with Crippen LogP contribution in [0.4, 0.5) is 11.6 Å². The number of fused-ring (bicyclic) bond motifs is 2. The summed E-state index contributed by atoms with van der Waals surface area (Å²) in [6.07, 6.45) is -13.2. The summed E-state index contributed by atoms with van der Waals surface area (Å²) in [4.78, 5) is 48.4. The maximum absolute atomic E-state index is 13.2. The van der Waals surface area contributed by atoms with E-state index in [-0.39, 0.29) is 163 Å². The first-order chi connectivity index (χ1) is 27.3. The molecule has 0 saturated carbocycles. The minimum absolute atomic E-state index is 0. The van der Waals surface area contributed by atoms with Gasteiger partial charge in [0.2, 0.25) is 6.49 Å². The van der Waals surface area contributed by atoms with Crippen molar-refractivity contribution in [2.45, 2.75) is 63.6 Å². The zero-order chi connectivity index (χ0) is 43.6. The average molecular weight is 1120 g/mol. The molecule has 0 aromatic carbocycles. The maximum Gasteiger partial charge on any atom is 1.00 e. The van der Waals surface area contributed by atoms with Crippen molar-refractivity contribution in [3.05, 3.63) is 0 Å². The van der Waals surface area contributed by atoms with Crippen molar-refractivity contribution in [3.63, 3.8) is 0 Å². The van der Waals surface area contributed by atoms with Crippen LogP contribution in [0.1, 0.15) is 12.5 Å². The summed E-state index contributed by atoms with van der Waals surface area (Å²) >= 11 is 22.4. The van der Waals surface area contributed by atoms with Crippen LogP contribution in [0.3, 0.4) is 0 Å². The van der Waals surface area contributed by atoms with Crippen LogP contribution in [0, 0.1) is 0 Å². The molecule has 42 heteroatoms. The smallest absolute Gasteiger partial charge is 0.385 e. The Morgan fingerprint density at radius 3 is 1.51 bits per heavy atom. The zero-order valence-electron chi connectivity index (χ0n) is 33.2. The molecule has 6 rings (SSSR count). The molecule has 2 fully saturated rings. The fraction of sp³-hybridized carbons (Fsp3) is 0.619. The Morgan fingerprint density at radius 1 is 0.730 bits per heavy atom. The van der Waals surface area contributed by atoms with E-state index in [2.05, 4.69) is 61.4 Å². The monoisotopic (exact) mass is 1120 g/mol. The molecule has 0 radical (unpaired) electrons. The fourth-order valence-corrected chi connectivity index (χ4v) is 15.6. The normalized spacial score (nSPS) is 27.5. The Morgan fingerprint density at radius 2 is 1.11 bits per heavy atom. The molecule has 2 aliphatic heterocycles. The number of nitrogens with two attached hydrogens (primary N) is 2. The van der Waals surface area contributed by atoms with Crippen LogP contribution in [0.2, 0.25) is 0 Å². The topological polar surface area (TPSA) is 413 Å². The number of aromatic nitrogens is 10. The van der Waals surface area contributed by atoms with Gasteiger partial charge in [0.1, 0.15) is 37.1 Å². The van der Waals surface area contributed by atoms with Gasteiger partial charge in [0.05, 0.1) is 0 Å². The molecule has 0 bridgehead atoms. The second-order valence-corrected chi connectivity index (χ2v) is 27.6. The average Bonchev–Trinajstić information content (AvgIpc) is 3.90. The second-order valence-electron chi connectivity index (χ2n) is 11.9. The van der Waals surface area contributed by atoms with Crippen molar-refractivity contribution in [1.29, 1.82) is 0 Å². The zero-order valence-corrected chi connectivity index (χ0v) is 49.6. The van der Waals surface area contributed by atoms with Gasteiger partial charge in [-0.05, 0) is 24.3 Å². The van der Waals surface area contributed by atoms with Gasteiger partial charge in [-0.15, -0.1) is 10.2 Å². The number of thioether (sulfide) groups is 2. The van der Waals surface area contributed by atoms with Crippen LogP contribution >= 0.6 is 87.2 Å². The van der Waals surface area contributed by atoms with E-state index in [4.69, 9.17) is 65.4 Å². The molecule has 4 unspecified atom stereocenters. The number of alkyl halides is 2. The summed E-state index contributed by atoms with van der Waals surface area (Å²) in [5.41, 5.74) is 11.8. The summed E-state index contributed by atoms with van der Waals surface area (Å²) in [5.74, 6) is -0.0942. The first kappa shape index (κ1) is 62.1. The molecule has 0 aliphatic carbocycles. The molecule has 2 aliphatic rings. The van der Waals surface area contributed by atoms with Crippen molar-refractivity contribution in [3.8, 4) is 0 Å². The number of ether oxygens (including phenoxy) is 4. The Balaban J connectivity index is 0.00000341. The van der Waals surface area contributed by atoms with Gasteiger partial charge in [-0.1, -0.05) is 69.4 Å². The quantitative estimate of drug-likeness (QED) is 0.0124. The molecule has 63 heavy (non-hydrogen) atoms. The molecule has 2 saturated heterocycles. The van der Waals surface area contributed by atoms with E-state index in [0.717, 1.165) is 32.9 Å². The Bertz CT molecular complexity index is 2310. The third-order valence-electron chi connectivity index (χ3n) is 7.86. The number of hydrogen-bond donors (Lipinski definition) is 10. The molecule has 6 heterocycles. The third kappa shape index (κ3) is 13.4. The van der Waals surface area contributed by atoms with Gasteiger partial charge in [-0.3, -0.25) is 13.7 Å². The van der Waals surface area contributed by atoms with E-state index in [1.807, 2.05) is 0 Å². The van der Waals surface area contributed by atoms with Crippen LogP contribution in [0.15, 0.2) is 10.3 Å². The van der Waals surface area contributed by atoms with Crippen LogP contribution in [0.5, 0.6) is 0 Å². The summed E-state index contributed by atoms with van der Waals surface area (Å²) in [7, 11) is -12.1. The number of rotatable bonds is 16. The van der Waals surface area contributed by atoms with Gasteiger partial charge in [-0.2, -0.15) is 9.36 Å². The number of aliphatic hydroxyl groups is 4. The van der Waals surface area contributed by atoms with E-state index >= 15 is 0 Å². The van der Waals surface area contributed by atoms with Crippen molar-refractivity contribution < 1.29 is 195 Å². The minimum Gasteiger partial charge on any atom is -0.385 e. The molecule has 328 valence electrons. The summed E-state index contributed by atoms with van der Waals surface area (Å²) < 4.78 is 68.4. The van der Waals surface area contributed by atoms with Crippen LogP contribution in [-0.4, -0.2) is 151 Å². The molecule has 11 N–H and O–H groups in total. The third-order valence-corrected chi connectivity index (χ3v) is 21.1. The van der Waals surface area contributed by atoms with E-state index in [9.17, 15) is 48.8 Å². The van der Waals surface area contributed by atoms with E-state index in [1.54, 1.807) is 12.5 Å². The molecule has 28 nitrogen and oxygen atoms in total. The molecular weight excluding hydrogens is 1090 g/mol. The number of halogens is 2. The minimum atomic E-state index is -6.07. The van der Waals surface area contributed by atoms with Crippen molar-refractivity contribution in [1.82, 2.24) is 49.9 Å². The second kappa shape index (κ2) is 24.2. The summed E-state index contributed by atoms with van der Waals surface area (Å²) in [5, 5.41) is 58.3. The van der Waals surface area contributed by atoms with Crippen molar-refractivity contribution >= 4 is 133 Å². The molecule has 4 aromatic rings. The standard InChI is InChI=1S/C21H30Cl2N12O16P4S4.4Na/c1-58-19-26-11(24)5-13(28-19)34(32-30-5)15-7(36)9(38)17(48-15)46-3-52(40,56)50-54(42,43)21(22,23)55(44,45)51-53(41,57)4-47-18-10(39)8(37)16(49-18)35-14-6(31-33-35)12(25)27-20(29-14)59-2;;;;/h7-10,15-18,36-39H,3-4H2,1-2H3,(H,40,56)(H,41,57)(H,42,43)(H,44,45)(H2,24,26,28)(H2,25,27,29);;;;/q;4*+1/t7-,8-,9+,10+,15-,16-,17+,18+,52?,53?;;;;/m1..../s1. The van der Waals surface area contributed by atoms with Gasteiger partial charge in [0, 0.05) is 0 Å². The first-order valence-corrected chi connectivity index (χ1v) is 27.7. The van der Waals surface area contributed by atoms with Crippen LogP contribution in [-0.2, 0) is 53.1 Å². The Labute approximate surface area is 471 Å². The maximum atomic E-state index is 13.2. The van der Waals surface area contributed by atoms with Gasteiger partial charge >= 0.3 is 137 Å². The van der Waals surface area contributed by atoms with Crippen LogP contribution < -0.4 is 130 Å². The van der Waals surface area contributed by atoms with E-state index in [1.165, 1.54) is 0 Å². The number of nitrogens with zero attached hydrogens (tertiary/aromatic N) is 10. The molecule has 0 spiro atoms. The predicted molar refractivity (Wildman–Crippen MR) is 212 cm³/mol. The van der Waals surface area contributed by atoms with Crippen molar-refractivity contribution in [2.75, 3.05) is 36.7 Å². The molecule has 12 atom stereocenters. The van der Waals surface area contributed by atoms with E-state index < -0.39 is 94.2 Å². The van der Waals surface area contributed by atoms with Gasteiger partial charge in [0.25, 0.3) is 6.57 Å². The van der Waals surface area contributed by atoms with Gasteiger partial charge in [-0.25, -0.2) is 28.6 Å². The number of thiol groups is 1. The first-order valence-electron chi connectivity index (χ1n) is 15.5. The summed E-state index contributed by atoms with van der Waals surface area (Å²) in [6.45, 7) is -9.67. The molecular formula is C21H30Cl2N12Na4O16P4S4+4. The fourth-order valence-electron chi connectivity index (χ4n) is 5.11. The van der Waals surface area contributed by atoms with E-state index in [0.29, 0.717) is 0 Å². The Hall–Kier alpha value is 3.01. The number of nitrogen functional groups attached to an aromatic ring is 2. The van der Waals surface area contributed by atoms with Gasteiger partial charge in [0.15, 0.2) is 69.3 Å². The van der Waals surface area contributed by atoms with Gasteiger partial charge < -0.3 is 65.5 Å². The number of anilines is 2. The SMILES string of the molecule is CSc1nc(N)c2nnn([C@@H]3O[C@H](OCP(=O)(S)OP(=O)(O)C(Cl)(Cl)P(=O)(O)OP(O)(=S)CO[C@H]4O[C@@H](n5nnc6c(N)nc(SC)nc65)[C@H](O)[C@@H]4O)[C@@H](O)[C@H]3O)c2n1.[Na+].[Na+].[Na+].[Na+].